The van der Waals surface area contributed by atoms with Crippen molar-refractivity contribution in [3.8, 4) is 12.3 Å². The molecule has 1 fully saturated rings. The third-order valence-corrected chi connectivity index (χ3v) is 4.71. The van der Waals surface area contributed by atoms with Gasteiger partial charge in [-0.15, -0.1) is 23.7 Å². The number of ether oxygens (including phenoxy) is 1. The van der Waals surface area contributed by atoms with Crippen LogP contribution in [0.25, 0.3) is 0 Å². The van der Waals surface area contributed by atoms with Gasteiger partial charge in [-0.1, -0.05) is 6.92 Å². The number of thiophene rings is 1. The van der Waals surface area contributed by atoms with E-state index < -0.39 is 5.97 Å². The van der Waals surface area contributed by atoms with Crippen LogP contribution in [-0.4, -0.2) is 25.5 Å². The number of amides is 1. The first-order valence-corrected chi connectivity index (χ1v) is 7.32. The summed E-state index contributed by atoms with van der Waals surface area (Å²) in [6, 6.07) is 0. The number of rotatable bonds is 3. The Bertz CT molecular complexity index is 597. The molecular formula is C15H17NO3S. The second-order valence-corrected chi connectivity index (χ2v) is 5.94. The Morgan fingerprint density at radius 1 is 1.60 bits per heavy atom. The first-order valence-electron chi connectivity index (χ1n) is 6.50. The third kappa shape index (κ3) is 2.32. The quantitative estimate of drug-likeness (QED) is 0.634. The summed E-state index contributed by atoms with van der Waals surface area (Å²) in [7, 11) is 1.36. The Morgan fingerprint density at radius 3 is 2.80 bits per heavy atom. The lowest BCUT2D eigenvalue weighted by atomic mass is 10.1. The summed E-state index contributed by atoms with van der Waals surface area (Å²) < 4.78 is 4.87. The standard InChI is InChI=1S/C15H17NO3S/c1-5-10-7-12(17)16(8-10)14-13(15(18)19-4)11(6-2)9(3)20-14/h1,10H,6-8H2,2-4H3. The van der Waals surface area contributed by atoms with Crippen LogP contribution in [0, 0.1) is 25.2 Å². The summed E-state index contributed by atoms with van der Waals surface area (Å²) in [4.78, 5) is 26.8. The van der Waals surface area contributed by atoms with Crippen molar-refractivity contribution in [2.24, 2.45) is 5.92 Å². The Kier molecular flexibility index (Phi) is 4.15. The van der Waals surface area contributed by atoms with Crippen molar-refractivity contribution in [2.75, 3.05) is 18.6 Å². The highest BCUT2D eigenvalue weighted by Crippen LogP contribution is 2.39. The number of anilines is 1. The lowest BCUT2D eigenvalue weighted by molar-refractivity contribution is -0.117. The molecule has 0 aliphatic carbocycles. The molecule has 2 rings (SSSR count). The number of hydrogen-bond donors (Lipinski definition) is 0. The molecule has 1 saturated heterocycles. The molecule has 5 heteroatoms. The molecule has 2 heterocycles. The van der Waals surface area contributed by atoms with Gasteiger partial charge in [-0.3, -0.25) is 4.79 Å². The van der Waals surface area contributed by atoms with Crippen LogP contribution in [0.2, 0.25) is 0 Å². The molecule has 1 unspecified atom stereocenters. The van der Waals surface area contributed by atoms with E-state index in [0.717, 1.165) is 16.9 Å². The Morgan fingerprint density at radius 2 is 2.30 bits per heavy atom. The van der Waals surface area contributed by atoms with Gasteiger partial charge < -0.3 is 9.64 Å². The van der Waals surface area contributed by atoms with Crippen molar-refractivity contribution >= 4 is 28.2 Å². The molecule has 0 saturated carbocycles. The van der Waals surface area contributed by atoms with Gasteiger partial charge in [0.1, 0.15) is 5.00 Å². The van der Waals surface area contributed by atoms with Gasteiger partial charge in [0, 0.05) is 23.8 Å². The maximum Gasteiger partial charge on any atom is 0.341 e. The second kappa shape index (κ2) is 5.68. The molecule has 0 N–H and O–H groups in total. The fraction of sp³-hybridized carbons (Fsp3) is 0.467. The average molecular weight is 291 g/mol. The molecule has 1 aliphatic heterocycles. The molecule has 1 amide bonds. The molecule has 1 aromatic rings. The highest BCUT2D eigenvalue weighted by Gasteiger charge is 2.34. The second-order valence-electron chi connectivity index (χ2n) is 4.73. The van der Waals surface area contributed by atoms with E-state index in [1.54, 1.807) is 4.90 Å². The largest absolute Gasteiger partial charge is 0.465 e. The van der Waals surface area contributed by atoms with Crippen LogP contribution in [-0.2, 0) is 16.0 Å². The normalized spacial score (nSPS) is 18.2. The van der Waals surface area contributed by atoms with Gasteiger partial charge in [0.15, 0.2) is 0 Å². The molecule has 0 spiro atoms. The predicted octanol–water partition coefficient (Wildman–Crippen LogP) is 2.39. The number of carbonyl (C=O) groups is 2. The molecule has 0 aromatic carbocycles. The van der Waals surface area contributed by atoms with E-state index in [0.29, 0.717) is 23.5 Å². The van der Waals surface area contributed by atoms with Crippen LogP contribution in [0.3, 0.4) is 0 Å². The number of terminal acetylenes is 1. The van der Waals surface area contributed by atoms with E-state index >= 15 is 0 Å². The number of aryl methyl sites for hydroxylation is 1. The number of carbonyl (C=O) groups excluding carboxylic acids is 2. The van der Waals surface area contributed by atoms with E-state index in [4.69, 9.17) is 11.2 Å². The van der Waals surface area contributed by atoms with Crippen molar-refractivity contribution in [2.45, 2.75) is 26.7 Å². The smallest absolute Gasteiger partial charge is 0.341 e. The zero-order valence-corrected chi connectivity index (χ0v) is 12.7. The maximum absolute atomic E-state index is 12.1. The van der Waals surface area contributed by atoms with E-state index in [-0.39, 0.29) is 11.8 Å². The molecule has 20 heavy (non-hydrogen) atoms. The van der Waals surface area contributed by atoms with E-state index in [9.17, 15) is 9.59 Å². The lowest BCUT2D eigenvalue weighted by Gasteiger charge is -2.15. The third-order valence-electron chi connectivity index (χ3n) is 3.54. The van der Waals surface area contributed by atoms with Crippen molar-refractivity contribution in [3.05, 3.63) is 16.0 Å². The topological polar surface area (TPSA) is 46.6 Å². The Balaban J connectivity index is 2.50. The number of nitrogens with zero attached hydrogens (tertiary/aromatic N) is 1. The maximum atomic E-state index is 12.1. The lowest BCUT2D eigenvalue weighted by Crippen LogP contribution is -2.25. The van der Waals surface area contributed by atoms with E-state index in [2.05, 4.69) is 5.92 Å². The summed E-state index contributed by atoms with van der Waals surface area (Å²) in [5.41, 5.74) is 1.47. The molecule has 0 radical (unpaired) electrons. The SMILES string of the molecule is C#CC1CC(=O)N(c2sc(C)c(CC)c2C(=O)OC)C1. The van der Waals surface area contributed by atoms with Crippen LogP contribution < -0.4 is 4.90 Å². The molecule has 0 bridgehead atoms. The number of esters is 1. The van der Waals surface area contributed by atoms with E-state index in [1.165, 1.54) is 18.4 Å². The van der Waals surface area contributed by atoms with Crippen LogP contribution in [0.1, 0.15) is 34.1 Å². The molecular weight excluding hydrogens is 274 g/mol. The number of methoxy groups -OCH3 is 1. The summed E-state index contributed by atoms with van der Waals surface area (Å²) in [5.74, 6) is 2.12. The minimum atomic E-state index is -0.391. The summed E-state index contributed by atoms with van der Waals surface area (Å²) in [6.45, 7) is 4.42. The van der Waals surface area contributed by atoms with Gasteiger partial charge in [-0.2, -0.15) is 0 Å². The zero-order chi connectivity index (χ0) is 14.9. The predicted molar refractivity (Wildman–Crippen MR) is 79.1 cm³/mol. The van der Waals surface area contributed by atoms with Gasteiger partial charge >= 0.3 is 5.97 Å². The Hall–Kier alpha value is -1.80. The van der Waals surface area contributed by atoms with Gasteiger partial charge in [0.2, 0.25) is 5.91 Å². The van der Waals surface area contributed by atoms with Crippen LogP contribution in [0.15, 0.2) is 0 Å². The molecule has 1 aromatic heterocycles. The fourth-order valence-electron chi connectivity index (χ4n) is 2.51. The Labute approximate surface area is 122 Å². The average Bonchev–Trinajstić information content (AvgIpc) is 2.97. The van der Waals surface area contributed by atoms with Crippen molar-refractivity contribution < 1.29 is 14.3 Å². The highest BCUT2D eigenvalue weighted by molar-refractivity contribution is 7.17. The zero-order valence-electron chi connectivity index (χ0n) is 11.9. The van der Waals surface area contributed by atoms with Crippen molar-refractivity contribution in [3.63, 3.8) is 0 Å². The molecule has 106 valence electrons. The van der Waals surface area contributed by atoms with E-state index in [1.807, 2.05) is 13.8 Å². The minimum absolute atomic E-state index is 0.0259. The van der Waals surface area contributed by atoms with Crippen LogP contribution >= 0.6 is 11.3 Å². The van der Waals surface area contributed by atoms with Gasteiger partial charge in [0.25, 0.3) is 0 Å². The number of hydrogen-bond acceptors (Lipinski definition) is 4. The molecule has 1 aliphatic rings. The fourth-order valence-corrected chi connectivity index (χ4v) is 3.76. The monoisotopic (exact) mass is 291 g/mol. The molecule has 4 nitrogen and oxygen atoms in total. The first kappa shape index (κ1) is 14.6. The first-order chi connectivity index (χ1) is 9.53. The van der Waals surface area contributed by atoms with Crippen molar-refractivity contribution in [1.82, 2.24) is 0 Å². The van der Waals surface area contributed by atoms with Gasteiger partial charge in [-0.05, 0) is 18.9 Å². The van der Waals surface area contributed by atoms with Gasteiger partial charge in [0.05, 0.1) is 12.7 Å². The summed E-state index contributed by atoms with van der Waals surface area (Å²) in [6.07, 6.45) is 6.48. The van der Waals surface area contributed by atoms with Gasteiger partial charge in [-0.25, -0.2) is 4.79 Å². The summed E-state index contributed by atoms with van der Waals surface area (Å²) >= 11 is 1.46. The van der Waals surface area contributed by atoms with Crippen LogP contribution in [0.4, 0.5) is 5.00 Å². The highest BCUT2D eigenvalue weighted by atomic mass is 32.1. The van der Waals surface area contributed by atoms with Crippen LogP contribution in [0.5, 0.6) is 0 Å². The minimum Gasteiger partial charge on any atom is -0.465 e. The van der Waals surface area contributed by atoms with Crippen molar-refractivity contribution in [1.29, 1.82) is 0 Å². The molecule has 1 atom stereocenters. The summed E-state index contributed by atoms with van der Waals surface area (Å²) in [5, 5.41) is 0.675.